The van der Waals surface area contributed by atoms with Crippen molar-refractivity contribution >= 4 is 88.8 Å². The zero-order chi connectivity index (χ0) is 46.0. The molecule has 328 valence electrons. The van der Waals surface area contributed by atoms with E-state index in [1.165, 1.54) is 44.2 Å². The predicted molar refractivity (Wildman–Crippen MR) is 283 cm³/mol. The largest absolute Gasteiger partial charge is 0.454 e. The summed E-state index contributed by atoms with van der Waals surface area (Å²) in [5.41, 5.74) is 17.5. The third-order valence-corrected chi connectivity index (χ3v) is 14.3. The fourth-order valence-electron chi connectivity index (χ4n) is 10.8. The SMILES string of the molecule is CC(C)(C)c1ccc(N(c2ccc3c(c2)C(C)(C)c2c-3ccc3cc(N(c4ccc(C(C)(C)C)cc4)c4cccc5c4oc4ccccc45)ccc23)c2cccc3c2oc2ccccc23)cc1. The van der Waals surface area contributed by atoms with E-state index in [0.717, 1.165) is 78.0 Å². The van der Waals surface area contributed by atoms with Crippen LogP contribution in [0.5, 0.6) is 0 Å². The Labute approximate surface area is 392 Å². The van der Waals surface area contributed by atoms with Crippen LogP contribution in [0.2, 0.25) is 0 Å². The number of nitrogens with zero attached hydrogens (tertiary/aromatic N) is 2. The van der Waals surface area contributed by atoms with Gasteiger partial charge in [-0.15, -0.1) is 0 Å². The molecule has 9 aromatic carbocycles. The van der Waals surface area contributed by atoms with Gasteiger partial charge in [-0.05, 0) is 128 Å². The highest BCUT2D eigenvalue weighted by Crippen LogP contribution is 2.54. The van der Waals surface area contributed by atoms with Crippen LogP contribution in [0, 0.1) is 0 Å². The molecule has 2 aromatic heterocycles. The quantitative estimate of drug-likeness (QED) is 0.167. The van der Waals surface area contributed by atoms with Gasteiger partial charge >= 0.3 is 0 Å². The van der Waals surface area contributed by atoms with Crippen LogP contribution in [-0.2, 0) is 16.2 Å². The molecule has 0 saturated carbocycles. The fourth-order valence-corrected chi connectivity index (χ4v) is 10.8. The second-order valence-electron chi connectivity index (χ2n) is 21.0. The molecule has 0 N–H and O–H groups in total. The summed E-state index contributed by atoms with van der Waals surface area (Å²) in [5, 5.41) is 6.92. The lowest BCUT2D eigenvalue weighted by atomic mass is 9.80. The number of rotatable bonds is 6. The molecule has 0 saturated heterocycles. The number of furan rings is 2. The number of benzene rings is 9. The zero-order valence-corrected chi connectivity index (χ0v) is 39.5. The van der Waals surface area contributed by atoms with Crippen LogP contribution in [0.1, 0.15) is 77.6 Å². The van der Waals surface area contributed by atoms with Crippen LogP contribution >= 0.6 is 0 Å². The molecule has 67 heavy (non-hydrogen) atoms. The van der Waals surface area contributed by atoms with Crippen molar-refractivity contribution in [1.82, 2.24) is 0 Å². The lowest BCUT2D eigenvalue weighted by molar-refractivity contribution is 0.590. The minimum atomic E-state index is -0.294. The molecule has 0 aliphatic heterocycles. The summed E-state index contributed by atoms with van der Waals surface area (Å²) >= 11 is 0. The van der Waals surface area contributed by atoms with E-state index in [1.807, 2.05) is 12.1 Å². The second kappa shape index (κ2) is 14.7. The lowest BCUT2D eigenvalue weighted by Crippen LogP contribution is -2.17. The summed E-state index contributed by atoms with van der Waals surface area (Å²) in [6.07, 6.45) is 0. The van der Waals surface area contributed by atoms with Crippen molar-refractivity contribution < 1.29 is 8.83 Å². The molecular weight excluding hydrogens is 817 g/mol. The highest BCUT2D eigenvalue weighted by Gasteiger charge is 2.38. The van der Waals surface area contributed by atoms with E-state index in [-0.39, 0.29) is 16.2 Å². The Morgan fingerprint density at radius 3 is 1.36 bits per heavy atom. The van der Waals surface area contributed by atoms with Gasteiger partial charge in [0.2, 0.25) is 0 Å². The Kier molecular flexibility index (Phi) is 8.99. The van der Waals surface area contributed by atoms with Gasteiger partial charge in [0.05, 0.1) is 11.4 Å². The van der Waals surface area contributed by atoms with Gasteiger partial charge in [0, 0.05) is 49.7 Å². The number of anilines is 6. The summed E-state index contributed by atoms with van der Waals surface area (Å²) in [4.78, 5) is 4.74. The van der Waals surface area contributed by atoms with E-state index in [2.05, 4.69) is 235 Å². The summed E-state index contributed by atoms with van der Waals surface area (Å²) in [6, 6.07) is 66.5. The van der Waals surface area contributed by atoms with Crippen LogP contribution in [-0.4, -0.2) is 0 Å². The van der Waals surface area contributed by atoms with E-state index in [1.54, 1.807) is 0 Å². The first kappa shape index (κ1) is 40.9. The summed E-state index contributed by atoms with van der Waals surface area (Å²) in [5.74, 6) is 0. The van der Waals surface area contributed by atoms with Gasteiger partial charge in [-0.2, -0.15) is 0 Å². The van der Waals surface area contributed by atoms with E-state index in [4.69, 9.17) is 8.83 Å². The highest BCUT2D eigenvalue weighted by molar-refractivity contribution is 6.12. The maximum Gasteiger partial charge on any atom is 0.159 e. The van der Waals surface area contributed by atoms with Crippen molar-refractivity contribution in [1.29, 1.82) is 0 Å². The number of para-hydroxylation sites is 4. The molecule has 11 aromatic rings. The summed E-state index contributed by atoms with van der Waals surface area (Å²) < 4.78 is 13.4. The van der Waals surface area contributed by atoms with Gasteiger partial charge < -0.3 is 18.6 Å². The molecule has 4 nitrogen and oxygen atoms in total. The Hall–Kier alpha value is -7.56. The lowest BCUT2D eigenvalue weighted by Gasteiger charge is -2.29. The first-order chi connectivity index (χ1) is 32.2. The highest BCUT2D eigenvalue weighted by atomic mass is 16.3. The topological polar surface area (TPSA) is 32.8 Å². The zero-order valence-electron chi connectivity index (χ0n) is 39.5. The Morgan fingerprint density at radius 2 is 0.836 bits per heavy atom. The molecule has 1 aliphatic rings. The third kappa shape index (κ3) is 6.48. The molecule has 0 unspecified atom stereocenters. The van der Waals surface area contributed by atoms with E-state index in [9.17, 15) is 0 Å². The number of hydrogen-bond acceptors (Lipinski definition) is 4. The molecule has 0 fully saturated rings. The standard InChI is InChI=1S/C63H54N2O2/c1-61(2,3)40-24-28-42(29-25-40)64(54-19-13-17-51-48-15-9-11-21-56(48)66-59(51)54)44-32-35-46-39(37-44)23-34-50-47-36-33-45(38-53(47)63(7,8)58(46)50)65(43-30-26-41(27-31-43)62(4,5)6)55-20-14-18-52-49-16-10-12-22-57(49)67-60(52)55/h9-38H,1-8H3. The van der Waals surface area contributed by atoms with E-state index >= 15 is 0 Å². The predicted octanol–water partition coefficient (Wildman–Crippen LogP) is 18.5. The van der Waals surface area contributed by atoms with Crippen LogP contribution in [0.3, 0.4) is 0 Å². The average molecular weight is 871 g/mol. The molecule has 0 amide bonds. The van der Waals surface area contributed by atoms with Gasteiger partial charge in [0.25, 0.3) is 0 Å². The van der Waals surface area contributed by atoms with Gasteiger partial charge in [-0.1, -0.05) is 165 Å². The summed E-state index contributed by atoms with van der Waals surface area (Å²) in [7, 11) is 0. The Bertz CT molecular complexity index is 3740. The molecule has 2 heterocycles. The monoisotopic (exact) mass is 870 g/mol. The molecule has 12 rings (SSSR count). The normalized spacial score (nSPS) is 13.5. The molecule has 4 heteroatoms. The first-order valence-electron chi connectivity index (χ1n) is 23.6. The van der Waals surface area contributed by atoms with Crippen molar-refractivity contribution in [3.8, 4) is 11.1 Å². The van der Waals surface area contributed by atoms with Crippen molar-refractivity contribution in [2.24, 2.45) is 0 Å². The molecule has 0 atom stereocenters. The van der Waals surface area contributed by atoms with Crippen LogP contribution < -0.4 is 9.80 Å². The number of hydrogen-bond donors (Lipinski definition) is 0. The van der Waals surface area contributed by atoms with Gasteiger partial charge in [-0.3, -0.25) is 0 Å². The maximum atomic E-state index is 6.70. The minimum Gasteiger partial charge on any atom is -0.454 e. The van der Waals surface area contributed by atoms with Crippen molar-refractivity contribution in [3.05, 3.63) is 204 Å². The summed E-state index contributed by atoms with van der Waals surface area (Å²) in [6.45, 7) is 18.4. The van der Waals surface area contributed by atoms with Crippen molar-refractivity contribution in [2.75, 3.05) is 9.80 Å². The smallest absolute Gasteiger partial charge is 0.159 e. The van der Waals surface area contributed by atoms with Gasteiger partial charge in [-0.25, -0.2) is 0 Å². The van der Waals surface area contributed by atoms with E-state index < -0.39 is 0 Å². The van der Waals surface area contributed by atoms with Crippen molar-refractivity contribution in [2.45, 2.75) is 71.6 Å². The van der Waals surface area contributed by atoms with Crippen LogP contribution in [0.4, 0.5) is 34.1 Å². The fraction of sp³-hybridized carbons (Fsp3) is 0.175. The molecular formula is C63H54N2O2. The second-order valence-corrected chi connectivity index (χ2v) is 21.0. The molecule has 0 spiro atoms. The number of fused-ring (bicyclic) bond motifs is 11. The molecule has 1 aliphatic carbocycles. The van der Waals surface area contributed by atoms with Crippen LogP contribution in [0.25, 0.3) is 65.8 Å². The Balaban J connectivity index is 0.992. The Morgan fingerprint density at radius 1 is 0.388 bits per heavy atom. The minimum absolute atomic E-state index is 0.0353. The average Bonchev–Trinajstić information content (AvgIpc) is 3.97. The van der Waals surface area contributed by atoms with Gasteiger partial charge in [0.1, 0.15) is 11.2 Å². The van der Waals surface area contributed by atoms with Gasteiger partial charge in [0.15, 0.2) is 11.2 Å². The van der Waals surface area contributed by atoms with Crippen LogP contribution in [0.15, 0.2) is 191 Å². The third-order valence-electron chi connectivity index (χ3n) is 14.3. The molecule has 0 bridgehead atoms. The van der Waals surface area contributed by atoms with Crippen molar-refractivity contribution in [3.63, 3.8) is 0 Å². The molecule has 0 radical (unpaired) electrons. The maximum absolute atomic E-state index is 6.70. The van der Waals surface area contributed by atoms with E-state index in [0.29, 0.717) is 0 Å². The first-order valence-corrected chi connectivity index (χ1v) is 23.6.